The Morgan fingerprint density at radius 1 is 1.03 bits per heavy atom. The van der Waals surface area contributed by atoms with Crippen LogP contribution in [0, 0.1) is 5.92 Å². The molecule has 0 atom stereocenters. The average molecular weight is 451 g/mol. The van der Waals surface area contributed by atoms with Crippen LogP contribution in [0.4, 0.5) is 0 Å². The number of amides is 2. The first kappa shape index (κ1) is 22.2. The number of ether oxygens (including phenoxy) is 2. The topological polar surface area (TPSA) is 67.9 Å². The maximum Gasteiger partial charge on any atom is 0.253 e. The van der Waals surface area contributed by atoms with Gasteiger partial charge in [-0.15, -0.1) is 0 Å². The van der Waals surface area contributed by atoms with Crippen LogP contribution < -0.4 is 14.8 Å². The van der Waals surface area contributed by atoms with Crippen molar-refractivity contribution in [3.8, 4) is 11.5 Å². The highest BCUT2D eigenvalue weighted by Gasteiger charge is 2.28. The largest absolute Gasteiger partial charge is 0.493 e. The molecule has 8 heteroatoms. The molecule has 160 valence electrons. The van der Waals surface area contributed by atoms with Crippen molar-refractivity contribution in [1.82, 2.24) is 10.2 Å². The molecule has 0 aromatic heterocycles. The summed E-state index contributed by atoms with van der Waals surface area (Å²) < 4.78 is 10.5. The Kier molecular flexibility index (Phi) is 7.45. The number of benzene rings is 2. The van der Waals surface area contributed by atoms with Gasteiger partial charge in [0.15, 0.2) is 11.5 Å². The zero-order valence-electron chi connectivity index (χ0n) is 16.9. The molecule has 1 saturated heterocycles. The van der Waals surface area contributed by atoms with Gasteiger partial charge in [0.1, 0.15) is 0 Å². The first-order valence-corrected chi connectivity index (χ1v) is 10.4. The van der Waals surface area contributed by atoms with E-state index in [1.807, 2.05) is 0 Å². The molecule has 2 amide bonds. The van der Waals surface area contributed by atoms with Crippen molar-refractivity contribution in [3.05, 3.63) is 57.6 Å². The quantitative estimate of drug-likeness (QED) is 0.716. The number of likely N-dealkylation sites (tertiary alicyclic amines) is 1. The Morgan fingerprint density at radius 3 is 2.37 bits per heavy atom. The van der Waals surface area contributed by atoms with Crippen LogP contribution in [0.1, 0.15) is 28.8 Å². The zero-order chi connectivity index (χ0) is 21.7. The van der Waals surface area contributed by atoms with Gasteiger partial charge in [0.2, 0.25) is 5.91 Å². The van der Waals surface area contributed by atoms with Crippen LogP contribution in [-0.2, 0) is 11.3 Å². The van der Waals surface area contributed by atoms with Crippen LogP contribution in [-0.4, -0.2) is 44.0 Å². The highest BCUT2D eigenvalue weighted by atomic mass is 35.5. The summed E-state index contributed by atoms with van der Waals surface area (Å²) in [4.78, 5) is 27.1. The molecule has 0 unspecified atom stereocenters. The molecule has 0 bridgehead atoms. The summed E-state index contributed by atoms with van der Waals surface area (Å²) in [6.45, 7) is 1.39. The third-order valence-corrected chi connectivity index (χ3v) is 5.84. The van der Waals surface area contributed by atoms with Gasteiger partial charge in [-0.2, -0.15) is 0 Å². The molecule has 0 radical (unpaired) electrons. The van der Waals surface area contributed by atoms with Crippen molar-refractivity contribution < 1.29 is 19.1 Å². The van der Waals surface area contributed by atoms with Crippen LogP contribution in [0.3, 0.4) is 0 Å². The normalized spacial score (nSPS) is 14.3. The SMILES string of the molecule is COc1ccc(C(=O)N2CCC(C(=O)NCc3ccc(Cl)cc3Cl)CC2)cc1OC. The number of halogens is 2. The van der Waals surface area contributed by atoms with Gasteiger partial charge in [0.25, 0.3) is 5.91 Å². The lowest BCUT2D eigenvalue weighted by Crippen LogP contribution is -2.42. The van der Waals surface area contributed by atoms with Crippen molar-refractivity contribution in [3.63, 3.8) is 0 Å². The molecule has 1 fully saturated rings. The molecule has 0 saturated carbocycles. The molecular weight excluding hydrogens is 427 g/mol. The second-order valence-electron chi connectivity index (χ2n) is 7.09. The predicted molar refractivity (Wildman–Crippen MR) is 116 cm³/mol. The molecule has 1 heterocycles. The summed E-state index contributed by atoms with van der Waals surface area (Å²) in [5.74, 6) is 0.844. The van der Waals surface area contributed by atoms with Crippen molar-refractivity contribution in [1.29, 1.82) is 0 Å². The lowest BCUT2D eigenvalue weighted by molar-refractivity contribution is -0.126. The summed E-state index contributed by atoms with van der Waals surface area (Å²) in [7, 11) is 3.09. The predicted octanol–water partition coefficient (Wildman–Crippen LogP) is 4.18. The third-order valence-electron chi connectivity index (χ3n) is 5.25. The summed E-state index contributed by atoms with van der Waals surface area (Å²) in [6.07, 6.45) is 1.22. The van der Waals surface area contributed by atoms with Crippen molar-refractivity contribution in [2.45, 2.75) is 19.4 Å². The number of hydrogen-bond donors (Lipinski definition) is 1. The summed E-state index contributed by atoms with van der Waals surface area (Å²) in [5, 5.41) is 4.02. The molecule has 0 aliphatic carbocycles. The van der Waals surface area contributed by atoms with Crippen molar-refractivity contribution in [2.75, 3.05) is 27.3 Å². The van der Waals surface area contributed by atoms with Gasteiger partial charge in [-0.3, -0.25) is 9.59 Å². The number of nitrogens with one attached hydrogen (secondary N) is 1. The van der Waals surface area contributed by atoms with E-state index in [1.54, 1.807) is 48.4 Å². The lowest BCUT2D eigenvalue weighted by atomic mass is 9.95. The van der Waals surface area contributed by atoms with E-state index < -0.39 is 0 Å². The zero-order valence-corrected chi connectivity index (χ0v) is 18.4. The minimum Gasteiger partial charge on any atom is -0.493 e. The highest BCUT2D eigenvalue weighted by molar-refractivity contribution is 6.35. The molecule has 0 spiro atoms. The van der Waals surface area contributed by atoms with Gasteiger partial charge in [-0.1, -0.05) is 29.3 Å². The first-order valence-electron chi connectivity index (χ1n) is 9.66. The van der Waals surface area contributed by atoms with E-state index in [9.17, 15) is 9.59 Å². The lowest BCUT2D eigenvalue weighted by Gasteiger charge is -2.31. The average Bonchev–Trinajstić information content (AvgIpc) is 2.77. The fraction of sp³-hybridized carbons (Fsp3) is 0.364. The maximum atomic E-state index is 12.8. The van der Waals surface area contributed by atoms with Crippen molar-refractivity contribution >= 4 is 35.0 Å². The van der Waals surface area contributed by atoms with Gasteiger partial charge < -0.3 is 19.7 Å². The second kappa shape index (κ2) is 10.0. The fourth-order valence-electron chi connectivity index (χ4n) is 3.49. The summed E-state index contributed by atoms with van der Waals surface area (Å²) in [5.41, 5.74) is 1.35. The number of methoxy groups -OCH3 is 2. The van der Waals surface area contributed by atoms with E-state index in [2.05, 4.69) is 5.32 Å². The van der Waals surface area contributed by atoms with Crippen LogP contribution in [0.5, 0.6) is 11.5 Å². The molecule has 3 rings (SSSR count). The summed E-state index contributed by atoms with van der Waals surface area (Å²) in [6, 6.07) is 10.3. The number of piperidine rings is 1. The number of carbonyl (C=O) groups excluding carboxylic acids is 2. The molecule has 30 heavy (non-hydrogen) atoms. The van der Waals surface area contributed by atoms with E-state index >= 15 is 0 Å². The number of hydrogen-bond acceptors (Lipinski definition) is 4. The van der Waals surface area contributed by atoms with E-state index in [-0.39, 0.29) is 17.7 Å². The van der Waals surface area contributed by atoms with Gasteiger partial charge in [0, 0.05) is 41.2 Å². The van der Waals surface area contributed by atoms with Crippen LogP contribution in [0.2, 0.25) is 10.0 Å². The maximum absolute atomic E-state index is 12.8. The van der Waals surface area contributed by atoms with Crippen LogP contribution >= 0.6 is 23.2 Å². The standard InChI is InChI=1S/C22H24Cl2N2O4/c1-29-19-6-4-15(11-20(19)30-2)22(28)26-9-7-14(8-10-26)21(27)25-13-16-3-5-17(23)12-18(16)24/h3-6,11-12,14H,7-10,13H2,1-2H3,(H,25,27). The molecule has 6 nitrogen and oxygen atoms in total. The van der Waals surface area contributed by atoms with Gasteiger partial charge in [0.05, 0.1) is 14.2 Å². The molecule has 2 aromatic rings. The van der Waals surface area contributed by atoms with Gasteiger partial charge in [-0.25, -0.2) is 0 Å². The van der Waals surface area contributed by atoms with E-state index in [0.29, 0.717) is 59.6 Å². The molecule has 1 aliphatic heterocycles. The Hall–Kier alpha value is -2.44. The smallest absolute Gasteiger partial charge is 0.253 e. The molecule has 1 N–H and O–H groups in total. The van der Waals surface area contributed by atoms with E-state index in [4.69, 9.17) is 32.7 Å². The minimum absolute atomic E-state index is 0.0285. The summed E-state index contributed by atoms with van der Waals surface area (Å²) >= 11 is 12.1. The Labute approximate surface area is 186 Å². The Morgan fingerprint density at radius 2 is 1.73 bits per heavy atom. The fourth-order valence-corrected chi connectivity index (χ4v) is 3.96. The number of nitrogens with zero attached hydrogens (tertiary/aromatic N) is 1. The van der Waals surface area contributed by atoms with Crippen LogP contribution in [0.25, 0.3) is 0 Å². The van der Waals surface area contributed by atoms with Gasteiger partial charge >= 0.3 is 0 Å². The monoisotopic (exact) mass is 450 g/mol. The first-order chi connectivity index (χ1) is 14.4. The highest BCUT2D eigenvalue weighted by Crippen LogP contribution is 2.29. The van der Waals surface area contributed by atoms with Crippen LogP contribution in [0.15, 0.2) is 36.4 Å². The second-order valence-corrected chi connectivity index (χ2v) is 7.93. The van der Waals surface area contributed by atoms with E-state index in [0.717, 1.165) is 5.56 Å². The Balaban J connectivity index is 1.53. The molecule has 2 aromatic carbocycles. The number of carbonyl (C=O) groups is 2. The minimum atomic E-state index is -0.134. The third kappa shape index (κ3) is 5.18. The van der Waals surface area contributed by atoms with Gasteiger partial charge in [-0.05, 0) is 48.7 Å². The molecule has 1 aliphatic rings. The number of rotatable bonds is 6. The Bertz CT molecular complexity index is 927. The molecular formula is C22H24Cl2N2O4. The van der Waals surface area contributed by atoms with Crippen molar-refractivity contribution in [2.24, 2.45) is 5.92 Å². The van der Waals surface area contributed by atoms with E-state index in [1.165, 1.54) is 7.11 Å².